The number of piperidine rings is 1. The maximum Gasteiger partial charge on any atom is 0.338 e. The first-order valence-electron chi connectivity index (χ1n) is 7.73. The van der Waals surface area contributed by atoms with Crippen LogP contribution in [-0.2, 0) is 4.74 Å². The molecular weight excluding hydrogens is 250 g/mol. The van der Waals surface area contributed by atoms with E-state index < -0.39 is 0 Å². The second kappa shape index (κ2) is 8.05. The molecule has 3 heteroatoms. The molecule has 1 aromatic rings. The largest absolute Gasteiger partial charge is 0.462 e. The number of hydrogen-bond acceptors (Lipinski definition) is 3. The Morgan fingerprint density at radius 1 is 1.25 bits per heavy atom. The van der Waals surface area contributed by atoms with Crippen molar-refractivity contribution in [3.05, 3.63) is 35.9 Å². The third-order valence-electron chi connectivity index (χ3n) is 4.02. The van der Waals surface area contributed by atoms with Crippen LogP contribution >= 0.6 is 0 Å². The summed E-state index contributed by atoms with van der Waals surface area (Å²) in [6.45, 7) is 5.19. The summed E-state index contributed by atoms with van der Waals surface area (Å²) in [6.07, 6.45) is 6.07. The van der Waals surface area contributed by atoms with Crippen molar-refractivity contribution in [2.45, 2.75) is 45.1 Å². The fraction of sp³-hybridized carbons (Fsp3) is 0.588. The van der Waals surface area contributed by atoms with Gasteiger partial charge in [0.25, 0.3) is 0 Å². The maximum atomic E-state index is 11.7. The Bertz CT molecular complexity index is 405. The number of unbranched alkanes of at least 4 members (excludes halogenated alkanes) is 1. The van der Waals surface area contributed by atoms with Gasteiger partial charge in [0.2, 0.25) is 0 Å². The van der Waals surface area contributed by atoms with Gasteiger partial charge in [-0.1, -0.05) is 24.6 Å². The molecule has 0 bridgehead atoms. The average molecular weight is 275 g/mol. The average Bonchev–Trinajstić information content (AvgIpc) is 2.49. The van der Waals surface area contributed by atoms with E-state index in [0.717, 1.165) is 25.4 Å². The van der Waals surface area contributed by atoms with E-state index in [1.807, 2.05) is 18.2 Å². The third-order valence-corrected chi connectivity index (χ3v) is 4.02. The molecule has 0 amide bonds. The van der Waals surface area contributed by atoms with E-state index in [-0.39, 0.29) is 5.97 Å². The summed E-state index contributed by atoms with van der Waals surface area (Å²) in [4.78, 5) is 14.3. The summed E-state index contributed by atoms with van der Waals surface area (Å²) < 4.78 is 5.29. The Morgan fingerprint density at radius 3 is 2.80 bits per heavy atom. The van der Waals surface area contributed by atoms with Gasteiger partial charge < -0.3 is 9.64 Å². The highest BCUT2D eigenvalue weighted by molar-refractivity contribution is 5.89. The first-order valence-corrected chi connectivity index (χ1v) is 7.73. The van der Waals surface area contributed by atoms with Gasteiger partial charge in [0.1, 0.15) is 0 Å². The van der Waals surface area contributed by atoms with E-state index in [9.17, 15) is 4.79 Å². The molecule has 1 fully saturated rings. The Kier molecular flexibility index (Phi) is 6.06. The van der Waals surface area contributed by atoms with E-state index in [2.05, 4.69) is 11.8 Å². The van der Waals surface area contributed by atoms with E-state index in [4.69, 9.17) is 4.74 Å². The van der Waals surface area contributed by atoms with Crippen LogP contribution in [0.25, 0.3) is 0 Å². The van der Waals surface area contributed by atoms with E-state index in [0.29, 0.717) is 12.2 Å². The molecule has 2 rings (SSSR count). The lowest BCUT2D eigenvalue weighted by Crippen LogP contribution is -2.38. The maximum absolute atomic E-state index is 11.7. The predicted octanol–water partition coefficient (Wildman–Crippen LogP) is 3.50. The van der Waals surface area contributed by atoms with Crippen molar-refractivity contribution >= 4 is 5.97 Å². The number of nitrogens with zero attached hydrogens (tertiary/aromatic N) is 1. The molecule has 1 atom stereocenters. The fourth-order valence-corrected chi connectivity index (χ4v) is 2.73. The number of carbonyl (C=O) groups is 1. The van der Waals surface area contributed by atoms with Crippen molar-refractivity contribution in [3.63, 3.8) is 0 Å². The monoisotopic (exact) mass is 275 g/mol. The van der Waals surface area contributed by atoms with E-state index >= 15 is 0 Å². The van der Waals surface area contributed by atoms with Gasteiger partial charge in [0.15, 0.2) is 0 Å². The third kappa shape index (κ3) is 4.64. The molecule has 0 aromatic heterocycles. The lowest BCUT2D eigenvalue weighted by atomic mass is 10.0. The van der Waals surface area contributed by atoms with Gasteiger partial charge in [-0.2, -0.15) is 0 Å². The summed E-state index contributed by atoms with van der Waals surface area (Å²) in [5, 5.41) is 0. The summed E-state index contributed by atoms with van der Waals surface area (Å²) in [6, 6.07) is 9.91. The molecular formula is C17H25NO2. The van der Waals surface area contributed by atoms with Gasteiger partial charge in [0.05, 0.1) is 12.2 Å². The van der Waals surface area contributed by atoms with Gasteiger partial charge in [-0.25, -0.2) is 4.79 Å². The van der Waals surface area contributed by atoms with Crippen LogP contribution in [-0.4, -0.2) is 36.6 Å². The summed E-state index contributed by atoms with van der Waals surface area (Å²) in [7, 11) is 0. The molecule has 0 aliphatic carbocycles. The standard InChI is InChI=1S/C17H25NO2/c1-15-9-5-6-12-18(15)13-7-8-14-20-17(19)16-10-3-2-4-11-16/h2-4,10-11,15H,5-9,12-14H2,1H3/t15-/m1/s1. The van der Waals surface area contributed by atoms with Crippen molar-refractivity contribution in [2.75, 3.05) is 19.7 Å². The summed E-state index contributed by atoms with van der Waals surface area (Å²) in [5.74, 6) is -0.211. The first-order chi connectivity index (χ1) is 9.77. The number of hydrogen-bond donors (Lipinski definition) is 0. The molecule has 1 aliphatic heterocycles. The predicted molar refractivity (Wildman–Crippen MR) is 80.8 cm³/mol. The number of rotatable bonds is 6. The normalized spacial score (nSPS) is 19.8. The van der Waals surface area contributed by atoms with Crippen molar-refractivity contribution in [2.24, 2.45) is 0 Å². The number of ether oxygens (including phenoxy) is 1. The molecule has 1 aliphatic rings. The van der Waals surface area contributed by atoms with Crippen LogP contribution < -0.4 is 0 Å². The number of likely N-dealkylation sites (tertiary alicyclic amines) is 1. The molecule has 0 N–H and O–H groups in total. The highest BCUT2D eigenvalue weighted by Crippen LogP contribution is 2.16. The molecule has 1 aromatic carbocycles. The Balaban J connectivity index is 1.58. The van der Waals surface area contributed by atoms with Gasteiger partial charge in [-0.05, 0) is 57.8 Å². The van der Waals surface area contributed by atoms with Crippen LogP contribution in [0.2, 0.25) is 0 Å². The Morgan fingerprint density at radius 2 is 2.05 bits per heavy atom. The van der Waals surface area contributed by atoms with Crippen LogP contribution in [0, 0.1) is 0 Å². The van der Waals surface area contributed by atoms with Crippen molar-refractivity contribution < 1.29 is 9.53 Å². The van der Waals surface area contributed by atoms with Crippen LogP contribution in [0.5, 0.6) is 0 Å². The SMILES string of the molecule is C[C@@H]1CCCCN1CCCCOC(=O)c1ccccc1. The number of benzene rings is 1. The van der Waals surface area contributed by atoms with E-state index in [1.165, 1.54) is 25.8 Å². The van der Waals surface area contributed by atoms with Crippen LogP contribution in [0.3, 0.4) is 0 Å². The minimum atomic E-state index is -0.211. The van der Waals surface area contributed by atoms with Gasteiger partial charge >= 0.3 is 5.97 Å². The molecule has 0 saturated carbocycles. The molecule has 1 heterocycles. The lowest BCUT2D eigenvalue weighted by molar-refractivity contribution is 0.0491. The van der Waals surface area contributed by atoms with Crippen molar-refractivity contribution in [3.8, 4) is 0 Å². The minimum Gasteiger partial charge on any atom is -0.462 e. The van der Waals surface area contributed by atoms with Gasteiger partial charge in [-0.15, -0.1) is 0 Å². The van der Waals surface area contributed by atoms with Crippen molar-refractivity contribution in [1.29, 1.82) is 0 Å². The second-order valence-electron chi connectivity index (χ2n) is 5.59. The fourth-order valence-electron chi connectivity index (χ4n) is 2.73. The molecule has 0 spiro atoms. The molecule has 20 heavy (non-hydrogen) atoms. The van der Waals surface area contributed by atoms with Crippen LogP contribution in [0.1, 0.15) is 49.4 Å². The lowest BCUT2D eigenvalue weighted by Gasteiger charge is -2.33. The highest BCUT2D eigenvalue weighted by Gasteiger charge is 2.17. The van der Waals surface area contributed by atoms with Crippen LogP contribution in [0.15, 0.2) is 30.3 Å². The zero-order valence-electron chi connectivity index (χ0n) is 12.4. The quantitative estimate of drug-likeness (QED) is 0.588. The van der Waals surface area contributed by atoms with Crippen molar-refractivity contribution in [1.82, 2.24) is 4.90 Å². The molecule has 110 valence electrons. The Labute approximate surface area is 121 Å². The van der Waals surface area contributed by atoms with Gasteiger partial charge in [-0.3, -0.25) is 0 Å². The molecule has 0 radical (unpaired) electrons. The molecule has 1 saturated heterocycles. The highest BCUT2D eigenvalue weighted by atomic mass is 16.5. The number of carbonyl (C=O) groups excluding carboxylic acids is 1. The van der Waals surface area contributed by atoms with E-state index in [1.54, 1.807) is 12.1 Å². The summed E-state index contributed by atoms with van der Waals surface area (Å²) in [5.41, 5.74) is 0.636. The topological polar surface area (TPSA) is 29.5 Å². The Hall–Kier alpha value is -1.35. The van der Waals surface area contributed by atoms with Gasteiger partial charge in [0, 0.05) is 6.04 Å². The minimum absolute atomic E-state index is 0.211. The van der Waals surface area contributed by atoms with Crippen LogP contribution in [0.4, 0.5) is 0 Å². The molecule has 0 unspecified atom stereocenters. The first kappa shape index (κ1) is 15.0. The second-order valence-corrected chi connectivity index (χ2v) is 5.59. The smallest absolute Gasteiger partial charge is 0.338 e. The zero-order chi connectivity index (χ0) is 14.2. The summed E-state index contributed by atoms with van der Waals surface area (Å²) >= 11 is 0. The zero-order valence-corrected chi connectivity index (χ0v) is 12.4. The molecule has 3 nitrogen and oxygen atoms in total. The number of esters is 1.